The molecule has 1 fully saturated rings. The van der Waals surface area contributed by atoms with Gasteiger partial charge in [-0.2, -0.15) is 0 Å². The molecular formula is C11H16BrN3. The lowest BCUT2D eigenvalue weighted by Gasteiger charge is -2.17. The molecule has 2 N–H and O–H groups in total. The highest BCUT2D eigenvalue weighted by Crippen LogP contribution is 2.21. The molecule has 1 aromatic rings. The van der Waals surface area contributed by atoms with Gasteiger partial charge in [0.2, 0.25) is 0 Å². The zero-order valence-electron chi connectivity index (χ0n) is 8.67. The molecule has 3 nitrogen and oxygen atoms in total. The third kappa shape index (κ3) is 3.18. The van der Waals surface area contributed by atoms with Gasteiger partial charge in [-0.3, -0.25) is 0 Å². The molecule has 82 valence electrons. The van der Waals surface area contributed by atoms with Crippen molar-refractivity contribution in [3.8, 4) is 0 Å². The Labute approximate surface area is 98.8 Å². The predicted molar refractivity (Wildman–Crippen MR) is 66.1 cm³/mol. The monoisotopic (exact) mass is 269 g/mol. The van der Waals surface area contributed by atoms with Gasteiger partial charge in [0.15, 0.2) is 0 Å². The predicted octanol–water partition coefficient (Wildman–Crippen LogP) is 2.40. The van der Waals surface area contributed by atoms with Crippen LogP contribution in [0.1, 0.15) is 19.3 Å². The van der Waals surface area contributed by atoms with Crippen molar-refractivity contribution in [2.45, 2.75) is 25.3 Å². The lowest BCUT2D eigenvalue weighted by Crippen LogP contribution is -2.21. The number of aromatic nitrogens is 1. The fraction of sp³-hybridized carbons (Fsp3) is 0.545. The maximum absolute atomic E-state index is 4.21. The van der Waals surface area contributed by atoms with Crippen LogP contribution < -0.4 is 10.6 Å². The number of hydrogen-bond donors (Lipinski definition) is 2. The van der Waals surface area contributed by atoms with Crippen LogP contribution in [0.5, 0.6) is 0 Å². The summed E-state index contributed by atoms with van der Waals surface area (Å²) in [4.78, 5) is 4.21. The Hall–Kier alpha value is -0.610. The maximum atomic E-state index is 4.21. The molecule has 1 aliphatic rings. The van der Waals surface area contributed by atoms with E-state index in [2.05, 4.69) is 37.6 Å². The van der Waals surface area contributed by atoms with Crippen molar-refractivity contribution in [3.05, 3.63) is 22.9 Å². The van der Waals surface area contributed by atoms with Gasteiger partial charge in [0.25, 0.3) is 0 Å². The van der Waals surface area contributed by atoms with Crippen molar-refractivity contribution >= 4 is 21.6 Å². The van der Waals surface area contributed by atoms with Crippen LogP contribution in [-0.4, -0.2) is 24.1 Å². The van der Waals surface area contributed by atoms with E-state index in [1.165, 1.54) is 19.3 Å². The van der Waals surface area contributed by atoms with Crippen LogP contribution in [0.4, 0.5) is 5.69 Å². The van der Waals surface area contributed by atoms with E-state index < -0.39 is 0 Å². The second kappa shape index (κ2) is 5.47. The first-order valence-corrected chi connectivity index (χ1v) is 6.23. The van der Waals surface area contributed by atoms with E-state index in [9.17, 15) is 0 Å². The number of rotatable bonds is 2. The SMILES string of the molecule is Brc1ncccc1NC1CCCNCC1. The summed E-state index contributed by atoms with van der Waals surface area (Å²) < 4.78 is 0.905. The number of pyridine rings is 1. The molecule has 4 heteroatoms. The summed E-state index contributed by atoms with van der Waals surface area (Å²) in [5.74, 6) is 0. The summed E-state index contributed by atoms with van der Waals surface area (Å²) in [6.07, 6.45) is 5.45. The second-order valence-electron chi connectivity index (χ2n) is 3.86. The number of hydrogen-bond acceptors (Lipinski definition) is 3. The average molecular weight is 270 g/mol. The van der Waals surface area contributed by atoms with E-state index in [0.717, 1.165) is 23.4 Å². The van der Waals surface area contributed by atoms with Crippen LogP contribution in [0.15, 0.2) is 22.9 Å². The third-order valence-corrected chi connectivity index (χ3v) is 3.33. The van der Waals surface area contributed by atoms with Gasteiger partial charge in [0, 0.05) is 12.2 Å². The highest BCUT2D eigenvalue weighted by molar-refractivity contribution is 9.10. The molecule has 2 heterocycles. The molecule has 1 unspecified atom stereocenters. The van der Waals surface area contributed by atoms with Gasteiger partial charge in [0.1, 0.15) is 4.60 Å². The Balaban J connectivity index is 1.98. The van der Waals surface area contributed by atoms with Gasteiger partial charge in [-0.1, -0.05) is 0 Å². The Morgan fingerprint density at radius 3 is 3.20 bits per heavy atom. The topological polar surface area (TPSA) is 37.0 Å². The average Bonchev–Trinajstić information content (AvgIpc) is 2.50. The molecule has 0 radical (unpaired) electrons. The summed E-state index contributed by atoms with van der Waals surface area (Å²) in [7, 11) is 0. The minimum Gasteiger partial charge on any atom is -0.380 e. The number of nitrogens with zero attached hydrogens (tertiary/aromatic N) is 1. The first-order valence-electron chi connectivity index (χ1n) is 5.44. The van der Waals surface area contributed by atoms with Gasteiger partial charge in [-0.05, 0) is 60.4 Å². The highest BCUT2D eigenvalue weighted by atomic mass is 79.9. The summed E-state index contributed by atoms with van der Waals surface area (Å²) >= 11 is 3.45. The Morgan fingerprint density at radius 1 is 1.40 bits per heavy atom. The van der Waals surface area contributed by atoms with Crippen molar-refractivity contribution in [2.75, 3.05) is 18.4 Å². The number of nitrogens with one attached hydrogen (secondary N) is 2. The van der Waals surface area contributed by atoms with Crippen molar-refractivity contribution in [3.63, 3.8) is 0 Å². The molecule has 1 atom stereocenters. The van der Waals surface area contributed by atoms with Gasteiger partial charge in [-0.25, -0.2) is 4.98 Å². The molecule has 0 aromatic carbocycles. The van der Waals surface area contributed by atoms with Crippen LogP contribution in [0, 0.1) is 0 Å². The van der Waals surface area contributed by atoms with Crippen LogP contribution in [0.3, 0.4) is 0 Å². The van der Waals surface area contributed by atoms with Crippen LogP contribution >= 0.6 is 15.9 Å². The fourth-order valence-electron chi connectivity index (χ4n) is 1.88. The standard InChI is InChI=1S/C11H16BrN3/c12-11-10(4-2-7-14-11)15-9-3-1-6-13-8-5-9/h2,4,7,9,13,15H,1,3,5-6,8H2. The Morgan fingerprint density at radius 2 is 2.33 bits per heavy atom. The van der Waals surface area contributed by atoms with Gasteiger partial charge in [-0.15, -0.1) is 0 Å². The largest absolute Gasteiger partial charge is 0.380 e. The molecule has 2 rings (SSSR count). The number of anilines is 1. The van der Waals surface area contributed by atoms with Gasteiger partial charge >= 0.3 is 0 Å². The van der Waals surface area contributed by atoms with Crippen molar-refractivity contribution in [1.82, 2.24) is 10.3 Å². The fourth-order valence-corrected chi connectivity index (χ4v) is 2.24. The molecule has 1 aromatic heterocycles. The molecule has 1 saturated heterocycles. The molecule has 0 amide bonds. The molecule has 1 aliphatic heterocycles. The molecule has 15 heavy (non-hydrogen) atoms. The highest BCUT2D eigenvalue weighted by Gasteiger charge is 2.12. The van der Waals surface area contributed by atoms with E-state index in [0.29, 0.717) is 6.04 Å². The van der Waals surface area contributed by atoms with E-state index in [4.69, 9.17) is 0 Å². The summed E-state index contributed by atoms with van der Waals surface area (Å²) in [5, 5.41) is 6.95. The first-order chi connectivity index (χ1) is 7.36. The second-order valence-corrected chi connectivity index (χ2v) is 4.62. The summed E-state index contributed by atoms with van der Waals surface area (Å²) in [6.45, 7) is 2.25. The van der Waals surface area contributed by atoms with Crippen LogP contribution in [0.25, 0.3) is 0 Å². The van der Waals surface area contributed by atoms with Crippen LogP contribution in [-0.2, 0) is 0 Å². The van der Waals surface area contributed by atoms with Gasteiger partial charge < -0.3 is 10.6 Å². The number of halogens is 1. The maximum Gasteiger partial charge on any atom is 0.129 e. The lowest BCUT2D eigenvalue weighted by molar-refractivity contribution is 0.637. The minimum atomic E-state index is 0.570. The van der Waals surface area contributed by atoms with Crippen molar-refractivity contribution in [1.29, 1.82) is 0 Å². The molecule has 0 spiro atoms. The zero-order chi connectivity index (χ0) is 10.5. The van der Waals surface area contributed by atoms with E-state index in [1.807, 2.05) is 6.07 Å². The summed E-state index contributed by atoms with van der Waals surface area (Å²) in [6, 6.07) is 4.60. The minimum absolute atomic E-state index is 0.570. The zero-order valence-corrected chi connectivity index (χ0v) is 10.3. The Kier molecular flexibility index (Phi) is 3.97. The smallest absolute Gasteiger partial charge is 0.129 e. The third-order valence-electron chi connectivity index (χ3n) is 2.69. The van der Waals surface area contributed by atoms with Crippen molar-refractivity contribution in [2.24, 2.45) is 0 Å². The quantitative estimate of drug-likeness (QED) is 0.810. The molecule has 0 aliphatic carbocycles. The van der Waals surface area contributed by atoms with Crippen LogP contribution in [0.2, 0.25) is 0 Å². The van der Waals surface area contributed by atoms with E-state index in [-0.39, 0.29) is 0 Å². The van der Waals surface area contributed by atoms with E-state index in [1.54, 1.807) is 6.20 Å². The summed E-state index contributed by atoms with van der Waals surface area (Å²) in [5.41, 5.74) is 1.10. The first kappa shape index (κ1) is 10.9. The van der Waals surface area contributed by atoms with Crippen molar-refractivity contribution < 1.29 is 0 Å². The van der Waals surface area contributed by atoms with Gasteiger partial charge in [0.05, 0.1) is 5.69 Å². The molecule has 0 bridgehead atoms. The lowest BCUT2D eigenvalue weighted by atomic mass is 10.1. The van der Waals surface area contributed by atoms with E-state index >= 15 is 0 Å². The molecular weight excluding hydrogens is 254 g/mol. The molecule has 0 saturated carbocycles. The normalized spacial score (nSPS) is 22.1. The Bertz CT molecular complexity index is 308.